The average molecular weight is 365 g/mol. The van der Waals surface area contributed by atoms with Gasteiger partial charge in [-0.2, -0.15) is 0 Å². The number of benzene rings is 1. The highest BCUT2D eigenvalue weighted by Gasteiger charge is 2.26. The third-order valence-corrected chi connectivity index (χ3v) is 4.48. The summed E-state index contributed by atoms with van der Waals surface area (Å²) in [6, 6.07) is 6.05. The highest BCUT2D eigenvalue weighted by molar-refractivity contribution is 5.80. The van der Waals surface area contributed by atoms with Crippen molar-refractivity contribution in [2.75, 3.05) is 40.4 Å². The van der Waals surface area contributed by atoms with Crippen molar-refractivity contribution >= 4 is 11.9 Å². The molecular weight excluding hydrogens is 337 g/mol. The second-order valence-electron chi connectivity index (χ2n) is 6.27. The van der Waals surface area contributed by atoms with Gasteiger partial charge < -0.3 is 19.7 Å². The molecule has 1 N–H and O–H groups in total. The van der Waals surface area contributed by atoms with Crippen molar-refractivity contribution in [3.05, 3.63) is 30.1 Å². The van der Waals surface area contributed by atoms with Crippen LogP contribution in [0.2, 0.25) is 0 Å². The summed E-state index contributed by atoms with van der Waals surface area (Å²) in [4.78, 5) is 18.1. The Kier molecular flexibility index (Phi) is 8.18. The first-order valence-electron chi connectivity index (χ1n) is 9.06. The lowest BCUT2D eigenvalue weighted by molar-refractivity contribution is -0.146. The number of nitrogens with zero attached hydrogens (tertiary/aromatic N) is 2. The van der Waals surface area contributed by atoms with Gasteiger partial charge in [0.1, 0.15) is 11.6 Å². The Bertz CT molecular complexity index is 584. The van der Waals surface area contributed by atoms with Gasteiger partial charge in [0, 0.05) is 26.7 Å². The number of esters is 1. The zero-order chi connectivity index (χ0) is 18.8. The molecule has 0 amide bonds. The van der Waals surface area contributed by atoms with Crippen molar-refractivity contribution in [1.82, 2.24) is 10.2 Å². The molecule has 0 unspecified atom stereocenters. The molecule has 1 saturated heterocycles. The minimum atomic E-state index is -0.261. The molecule has 1 aromatic rings. The summed E-state index contributed by atoms with van der Waals surface area (Å²) >= 11 is 0. The average Bonchev–Trinajstić information content (AvgIpc) is 2.68. The standard InChI is InChI=1S/C19H28FN3O3/c1-21-19(23-12-9-15(10-13-23)18(24)25-2)22-11-3-4-14-26-17-7-5-16(20)6-8-17/h5-8,15H,3-4,9-14H2,1-2H3,(H,21,22). The maximum absolute atomic E-state index is 12.8. The molecule has 0 radical (unpaired) electrons. The summed E-state index contributed by atoms with van der Waals surface area (Å²) in [7, 11) is 3.21. The lowest BCUT2D eigenvalue weighted by Crippen LogP contribution is -2.46. The molecule has 0 aliphatic carbocycles. The predicted molar refractivity (Wildman–Crippen MR) is 98.8 cm³/mol. The number of guanidine groups is 1. The van der Waals surface area contributed by atoms with Gasteiger partial charge in [0.25, 0.3) is 0 Å². The molecule has 1 aliphatic heterocycles. The van der Waals surface area contributed by atoms with E-state index in [1.807, 2.05) is 0 Å². The largest absolute Gasteiger partial charge is 0.494 e. The summed E-state index contributed by atoms with van der Waals surface area (Å²) in [5.74, 6) is 1.17. The van der Waals surface area contributed by atoms with E-state index in [0.29, 0.717) is 12.4 Å². The Hall–Kier alpha value is -2.31. The van der Waals surface area contributed by atoms with E-state index in [1.165, 1.54) is 19.2 Å². The Balaban J connectivity index is 1.60. The Morgan fingerprint density at radius 3 is 2.58 bits per heavy atom. The first-order chi connectivity index (χ1) is 12.6. The van der Waals surface area contributed by atoms with Crippen LogP contribution in [0, 0.1) is 11.7 Å². The Labute approximate surface area is 154 Å². The quantitative estimate of drug-likeness (QED) is 0.348. The minimum Gasteiger partial charge on any atom is -0.494 e. The lowest BCUT2D eigenvalue weighted by atomic mass is 9.97. The first kappa shape index (κ1) is 20.0. The van der Waals surface area contributed by atoms with E-state index in [0.717, 1.165) is 51.3 Å². The van der Waals surface area contributed by atoms with Crippen LogP contribution in [0.15, 0.2) is 29.3 Å². The number of nitrogens with one attached hydrogen (secondary N) is 1. The molecule has 2 rings (SSSR count). The number of rotatable bonds is 7. The number of unbranched alkanes of at least 4 members (excludes halogenated alkanes) is 1. The van der Waals surface area contributed by atoms with Crippen LogP contribution >= 0.6 is 0 Å². The van der Waals surface area contributed by atoms with Gasteiger partial charge >= 0.3 is 5.97 Å². The summed E-state index contributed by atoms with van der Waals surface area (Å²) < 4.78 is 23.2. The van der Waals surface area contributed by atoms with Gasteiger partial charge in [-0.15, -0.1) is 0 Å². The van der Waals surface area contributed by atoms with Crippen LogP contribution in [0.3, 0.4) is 0 Å². The third-order valence-electron chi connectivity index (χ3n) is 4.48. The van der Waals surface area contributed by atoms with Gasteiger partial charge in [0.05, 0.1) is 19.6 Å². The Morgan fingerprint density at radius 2 is 1.96 bits per heavy atom. The number of aliphatic imine (C=N–C) groups is 1. The summed E-state index contributed by atoms with van der Waals surface area (Å²) in [6.07, 6.45) is 3.42. The zero-order valence-electron chi connectivity index (χ0n) is 15.5. The number of hydrogen-bond acceptors (Lipinski definition) is 4. The van der Waals surface area contributed by atoms with Gasteiger partial charge in [-0.25, -0.2) is 4.39 Å². The maximum Gasteiger partial charge on any atom is 0.308 e. The molecule has 6 nitrogen and oxygen atoms in total. The van der Waals surface area contributed by atoms with E-state index in [2.05, 4.69) is 15.2 Å². The summed E-state index contributed by atoms with van der Waals surface area (Å²) in [5.41, 5.74) is 0. The van der Waals surface area contributed by atoms with E-state index in [9.17, 15) is 9.18 Å². The first-order valence-corrected chi connectivity index (χ1v) is 9.06. The molecular formula is C19H28FN3O3. The number of halogens is 1. The monoisotopic (exact) mass is 365 g/mol. The second kappa shape index (κ2) is 10.6. The fraction of sp³-hybridized carbons (Fsp3) is 0.579. The number of ether oxygens (including phenoxy) is 2. The molecule has 1 heterocycles. The normalized spacial score (nSPS) is 15.7. The van der Waals surface area contributed by atoms with E-state index >= 15 is 0 Å². The third kappa shape index (κ3) is 6.20. The molecule has 0 atom stereocenters. The summed E-state index contributed by atoms with van der Waals surface area (Å²) in [6.45, 7) is 2.99. The van der Waals surface area contributed by atoms with Gasteiger partial charge in [0.15, 0.2) is 5.96 Å². The smallest absolute Gasteiger partial charge is 0.308 e. The molecule has 0 spiro atoms. The molecule has 1 aromatic carbocycles. The molecule has 0 saturated carbocycles. The number of likely N-dealkylation sites (tertiary alicyclic amines) is 1. The van der Waals surface area contributed by atoms with E-state index in [1.54, 1.807) is 19.2 Å². The zero-order valence-corrected chi connectivity index (χ0v) is 15.5. The molecule has 1 aliphatic rings. The molecule has 26 heavy (non-hydrogen) atoms. The van der Waals surface area contributed by atoms with Crippen molar-refractivity contribution in [2.24, 2.45) is 10.9 Å². The summed E-state index contributed by atoms with van der Waals surface area (Å²) in [5, 5.41) is 3.36. The molecule has 0 bridgehead atoms. The molecule has 0 aromatic heterocycles. The highest BCUT2D eigenvalue weighted by atomic mass is 19.1. The van der Waals surface area contributed by atoms with E-state index in [-0.39, 0.29) is 17.7 Å². The SMILES string of the molecule is CN=C(NCCCCOc1ccc(F)cc1)N1CCC(C(=O)OC)CC1. The number of hydrogen-bond donors (Lipinski definition) is 1. The van der Waals surface area contributed by atoms with Crippen molar-refractivity contribution in [3.8, 4) is 5.75 Å². The van der Waals surface area contributed by atoms with E-state index in [4.69, 9.17) is 9.47 Å². The van der Waals surface area contributed by atoms with Crippen LogP contribution in [0.25, 0.3) is 0 Å². The van der Waals surface area contributed by atoms with Gasteiger partial charge in [-0.05, 0) is 49.9 Å². The molecule has 144 valence electrons. The highest BCUT2D eigenvalue weighted by Crippen LogP contribution is 2.18. The fourth-order valence-corrected chi connectivity index (χ4v) is 2.97. The van der Waals surface area contributed by atoms with Crippen LogP contribution in [0.5, 0.6) is 5.75 Å². The number of piperidine rings is 1. The second-order valence-corrected chi connectivity index (χ2v) is 6.27. The maximum atomic E-state index is 12.8. The molecule has 1 fully saturated rings. The van der Waals surface area contributed by atoms with Gasteiger partial charge in [-0.3, -0.25) is 9.79 Å². The van der Waals surface area contributed by atoms with Crippen molar-refractivity contribution in [3.63, 3.8) is 0 Å². The van der Waals surface area contributed by atoms with Crippen LogP contribution < -0.4 is 10.1 Å². The Morgan fingerprint density at radius 1 is 1.27 bits per heavy atom. The van der Waals surface area contributed by atoms with Gasteiger partial charge in [0.2, 0.25) is 0 Å². The van der Waals surface area contributed by atoms with Crippen LogP contribution in [0.4, 0.5) is 4.39 Å². The van der Waals surface area contributed by atoms with E-state index < -0.39 is 0 Å². The lowest BCUT2D eigenvalue weighted by Gasteiger charge is -2.33. The fourth-order valence-electron chi connectivity index (χ4n) is 2.97. The number of carbonyl (C=O) groups excluding carboxylic acids is 1. The number of methoxy groups -OCH3 is 1. The van der Waals surface area contributed by atoms with Gasteiger partial charge in [-0.1, -0.05) is 0 Å². The minimum absolute atomic E-state index is 0.00188. The van der Waals surface area contributed by atoms with Crippen molar-refractivity contribution in [2.45, 2.75) is 25.7 Å². The van der Waals surface area contributed by atoms with Crippen molar-refractivity contribution in [1.29, 1.82) is 0 Å². The van der Waals surface area contributed by atoms with Crippen LogP contribution in [-0.4, -0.2) is 57.2 Å². The topological polar surface area (TPSA) is 63.2 Å². The molecule has 7 heteroatoms. The van der Waals surface area contributed by atoms with Crippen LogP contribution in [-0.2, 0) is 9.53 Å². The number of carbonyl (C=O) groups is 1. The van der Waals surface area contributed by atoms with Crippen molar-refractivity contribution < 1.29 is 18.7 Å². The van der Waals surface area contributed by atoms with Crippen LogP contribution in [0.1, 0.15) is 25.7 Å². The predicted octanol–water partition coefficient (Wildman–Crippen LogP) is 2.45.